The maximum Gasteiger partial charge on any atom is 0.267 e. The molecule has 0 bridgehead atoms. The Morgan fingerprint density at radius 3 is 1.47 bits per heavy atom. The highest BCUT2D eigenvalue weighted by atomic mass is 32.2. The highest BCUT2D eigenvalue weighted by molar-refractivity contribution is 7.85. The minimum Gasteiger partial charge on any atom is -0.387 e. The van der Waals surface area contributed by atoms with E-state index in [4.69, 9.17) is 0 Å². The van der Waals surface area contributed by atoms with Gasteiger partial charge in [0.1, 0.15) is 0 Å². The molecule has 0 fully saturated rings. The molecule has 252 valence electrons. The van der Waals surface area contributed by atoms with E-state index in [1.165, 1.54) is 109 Å². The fourth-order valence-electron chi connectivity index (χ4n) is 5.13. The Morgan fingerprint density at radius 2 is 1.00 bits per heavy atom. The van der Waals surface area contributed by atoms with Gasteiger partial charge in [-0.2, -0.15) is 8.42 Å². The topological polar surface area (TPSA) is 104 Å². The number of amides is 1. The van der Waals surface area contributed by atoms with Crippen LogP contribution in [0.5, 0.6) is 0 Å². The molecule has 0 aromatic carbocycles. The summed E-state index contributed by atoms with van der Waals surface area (Å²) in [6.45, 7) is 4.48. The van der Waals surface area contributed by atoms with Crippen molar-refractivity contribution in [3.63, 3.8) is 0 Å². The van der Waals surface area contributed by atoms with Gasteiger partial charge in [0.15, 0.2) is 0 Å². The fraction of sp³-hybridized carbons (Fsp3) is 0.806. The Hall–Kier alpha value is -1.44. The lowest BCUT2D eigenvalue weighted by atomic mass is 10.1. The SMILES string of the molecule is CCCCCCCCCC/C=C/CC/C=C/CC/C=C/C(O)C(CS(=O)(=O)O)NC(=O)CCCCCCCCCCCC. The number of carbonyl (C=O) groups excluding carboxylic acids is 1. The average Bonchev–Trinajstić information content (AvgIpc) is 2.96. The molecule has 0 aliphatic heterocycles. The van der Waals surface area contributed by atoms with Gasteiger partial charge in [-0.15, -0.1) is 0 Å². The standard InChI is InChI=1S/C36H67NO5S/c1-3-5-7-9-11-13-15-16-17-18-19-20-21-22-23-25-27-29-31-35(38)34(33-43(40,41)42)37-36(39)32-30-28-26-24-14-12-10-8-6-4-2/h18-19,22-23,29,31,34-35,38H,3-17,20-21,24-28,30,32-33H2,1-2H3,(H,37,39)(H,40,41,42)/b19-18+,23-22+,31-29+. The Labute approximate surface area is 266 Å². The van der Waals surface area contributed by atoms with E-state index >= 15 is 0 Å². The van der Waals surface area contributed by atoms with Gasteiger partial charge in [0, 0.05) is 6.42 Å². The van der Waals surface area contributed by atoms with Crippen LogP contribution in [0.25, 0.3) is 0 Å². The molecule has 0 aromatic rings. The number of hydrogen-bond donors (Lipinski definition) is 3. The molecule has 7 heteroatoms. The van der Waals surface area contributed by atoms with Crippen LogP contribution in [0.1, 0.15) is 168 Å². The first-order chi connectivity index (χ1) is 20.8. The number of allylic oxidation sites excluding steroid dienone is 5. The van der Waals surface area contributed by atoms with Crippen LogP contribution in [0.3, 0.4) is 0 Å². The molecule has 0 aliphatic carbocycles. The maximum absolute atomic E-state index is 12.4. The molecule has 43 heavy (non-hydrogen) atoms. The van der Waals surface area contributed by atoms with Crippen LogP contribution in [-0.4, -0.2) is 41.9 Å². The third-order valence-electron chi connectivity index (χ3n) is 7.80. The molecule has 0 heterocycles. The molecule has 3 N–H and O–H groups in total. The van der Waals surface area contributed by atoms with Crippen LogP contribution in [0.4, 0.5) is 0 Å². The first-order valence-electron chi connectivity index (χ1n) is 17.7. The second-order valence-electron chi connectivity index (χ2n) is 12.1. The van der Waals surface area contributed by atoms with Gasteiger partial charge in [-0.1, -0.05) is 153 Å². The highest BCUT2D eigenvalue weighted by Gasteiger charge is 2.24. The lowest BCUT2D eigenvalue weighted by Crippen LogP contribution is -2.46. The number of rotatable bonds is 31. The molecule has 0 aliphatic rings. The van der Waals surface area contributed by atoms with Gasteiger partial charge in [0.05, 0.1) is 17.9 Å². The zero-order chi connectivity index (χ0) is 31.9. The summed E-state index contributed by atoms with van der Waals surface area (Å²) in [7, 11) is -4.35. The van der Waals surface area contributed by atoms with Crippen molar-refractivity contribution in [2.75, 3.05) is 5.75 Å². The second-order valence-corrected chi connectivity index (χ2v) is 13.6. The van der Waals surface area contributed by atoms with Gasteiger partial charge < -0.3 is 10.4 Å². The maximum atomic E-state index is 12.4. The normalized spacial score (nSPS) is 13.9. The third kappa shape index (κ3) is 31.8. The quantitative estimate of drug-likeness (QED) is 0.0404. The number of nitrogens with one attached hydrogen (secondary N) is 1. The van der Waals surface area contributed by atoms with Crippen LogP contribution in [0.15, 0.2) is 36.5 Å². The summed E-state index contributed by atoms with van der Waals surface area (Å²) >= 11 is 0. The zero-order valence-corrected chi connectivity index (χ0v) is 28.6. The highest BCUT2D eigenvalue weighted by Crippen LogP contribution is 2.12. The number of unbranched alkanes of at least 4 members (excludes halogenated alkanes) is 19. The molecular formula is C36H67NO5S. The molecule has 0 saturated carbocycles. The summed E-state index contributed by atoms with van der Waals surface area (Å²) < 4.78 is 32.3. The Bertz CT molecular complexity index is 821. The molecule has 2 unspecified atom stereocenters. The van der Waals surface area contributed by atoms with E-state index < -0.39 is 28.0 Å². The van der Waals surface area contributed by atoms with E-state index in [0.29, 0.717) is 6.42 Å². The van der Waals surface area contributed by atoms with E-state index in [2.05, 4.69) is 43.5 Å². The van der Waals surface area contributed by atoms with E-state index in [1.807, 2.05) is 0 Å². The molecule has 0 saturated heterocycles. The molecule has 6 nitrogen and oxygen atoms in total. The molecule has 0 rings (SSSR count). The lowest BCUT2D eigenvalue weighted by molar-refractivity contribution is -0.122. The molecule has 2 atom stereocenters. The van der Waals surface area contributed by atoms with Crippen LogP contribution in [0, 0.1) is 0 Å². The third-order valence-corrected chi connectivity index (χ3v) is 8.58. The summed E-state index contributed by atoms with van der Waals surface area (Å²) in [5.74, 6) is -1.01. The largest absolute Gasteiger partial charge is 0.387 e. The number of aliphatic hydroxyl groups is 1. The van der Waals surface area contributed by atoms with E-state index in [9.17, 15) is 22.9 Å². The van der Waals surface area contributed by atoms with Gasteiger partial charge in [-0.25, -0.2) is 0 Å². The van der Waals surface area contributed by atoms with Crippen molar-refractivity contribution < 1.29 is 22.9 Å². The molecular weight excluding hydrogens is 558 g/mol. The molecule has 0 radical (unpaired) electrons. The summed E-state index contributed by atoms with van der Waals surface area (Å²) in [4.78, 5) is 12.4. The molecule has 0 aromatic heterocycles. The smallest absolute Gasteiger partial charge is 0.267 e. The van der Waals surface area contributed by atoms with Crippen molar-refractivity contribution in [3.05, 3.63) is 36.5 Å². The van der Waals surface area contributed by atoms with Crippen molar-refractivity contribution in [3.8, 4) is 0 Å². The van der Waals surface area contributed by atoms with Crippen molar-refractivity contribution in [2.24, 2.45) is 0 Å². The Kier molecular flexibility index (Phi) is 29.6. The van der Waals surface area contributed by atoms with Gasteiger partial charge in [-0.05, 0) is 44.9 Å². The van der Waals surface area contributed by atoms with Crippen LogP contribution in [0.2, 0.25) is 0 Å². The van der Waals surface area contributed by atoms with Crippen molar-refractivity contribution >= 4 is 16.0 Å². The molecule has 0 spiro atoms. The van der Waals surface area contributed by atoms with Gasteiger partial charge in [-0.3, -0.25) is 9.35 Å². The fourth-order valence-corrected chi connectivity index (χ4v) is 5.86. The van der Waals surface area contributed by atoms with E-state index in [-0.39, 0.29) is 12.3 Å². The minimum absolute atomic E-state index is 0.286. The van der Waals surface area contributed by atoms with Crippen LogP contribution in [-0.2, 0) is 14.9 Å². The van der Waals surface area contributed by atoms with Gasteiger partial charge >= 0.3 is 0 Å². The number of aliphatic hydroxyl groups excluding tert-OH is 1. The van der Waals surface area contributed by atoms with E-state index in [1.54, 1.807) is 6.08 Å². The number of carbonyl (C=O) groups is 1. The Morgan fingerprint density at radius 1 is 0.605 bits per heavy atom. The lowest BCUT2D eigenvalue weighted by Gasteiger charge is -2.21. The van der Waals surface area contributed by atoms with Crippen LogP contribution < -0.4 is 5.32 Å². The first kappa shape index (κ1) is 41.6. The molecule has 1 amide bonds. The summed E-state index contributed by atoms with van der Waals surface area (Å²) in [6, 6.07) is -1.07. The second kappa shape index (κ2) is 30.6. The summed E-state index contributed by atoms with van der Waals surface area (Å²) in [6.07, 6.45) is 38.5. The first-order valence-corrected chi connectivity index (χ1v) is 19.3. The van der Waals surface area contributed by atoms with Crippen molar-refractivity contribution in [1.82, 2.24) is 5.32 Å². The summed E-state index contributed by atoms with van der Waals surface area (Å²) in [5, 5.41) is 13.1. The minimum atomic E-state index is -4.35. The van der Waals surface area contributed by atoms with E-state index in [0.717, 1.165) is 38.5 Å². The number of hydrogen-bond acceptors (Lipinski definition) is 4. The van der Waals surface area contributed by atoms with Crippen LogP contribution >= 0.6 is 0 Å². The summed E-state index contributed by atoms with van der Waals surface area (Å²) in [5.41, 5.74) is 0. The zero-order valence-electron chi connectivity index (χ0n) is 27.8. The van der Waals surface area contributed by atoms with Gasteiger partial charge in [0.25, 0.3) is 10.1 Å². The van der Waals surface area contributed by atoms with Crippen molar-refractivity contribution in [1.29, 1.82) is 0 Å². The van der Waals surface area contributed by atoms with Crippen molar-refractivity contribution in [2.45, 2.75) is 180 Å². The predicted molar refractivity (Wildman–Crippen MR) is 184 cm³/mol. The van der Waals surface area contributed by atoms with Gasteiger partial charge in [0.2, 0.25) is 5.91 Å². The predicted octanol–water partition coefficient (Wildman–Crippen LogP) is 9.79. The monoisotopic (exact) mass is 625 g/mol. The average molecular weight is 626 g/mol. The Balaban J connectivity index is 4.08.